The fourth-order valence-electron chi connectivity index (χ4n) is 3.63. The zero-order valence-electron chi connectivity index (χ0n) is 19.3. The lowest BCUT2D eigenvalue weighted by atomic mass is 10.2. The van der Waals surface area contributed by atoms with Gasteiger partial charge in [0.1, 0.15) is 12.1 Å². The number of hydrogen-bond acceptors (Lipinski definition) is 5. The highest BCUT2D eigenvalue weighted by atomic mass is 35.5. The zero-order valence-corrected chi connectivity index (χ0v) is 21.6. The number of fused-ring (bicyclic) bond motifs is 1. The van der Waals surface area contributed by atoms with Gasteiger partial charge in [-0.3, -0.25) is 14.1 Å². The Kier molecular flexibility index (Phi) is 6.81. The quantitative estimate of drug-likeness (QED) is 0.290. The number of sulfonamides is 1. The number of nitrogens with zero attached hydrogens (tertiary/aromatic N) is 3. The molecule has 0 saturated heterocycles. The number of rotatable bonds is 6. The molecule has 2 aromatic carbocycles. The molecule has 0 fully saturated rings. The molecule has 2 heterocycles. The fourth-order valence-corrected chi connectivity index (χ4v) is 5.75. The molecular weight excluding hydrogens is 509 g/mol. The molecule has 0 amide bonds. The molecule has 0 unspecified atom stereocenters. The van der Waals surface area contributed by atoms with E-state index in [0.717, 1.165) is 20.9 Å². The van der Waals surface area contributed by atoms with E-state index >= 15 is 0 Å². The Morgan fingerprint density at radius 1 is 1.00 bits per heavy atom. The van der Waals surface area contributed by atoms with Crippen LogP contribution in [-0.4, -0.2) is 36.1 Å². The van der Waals surface area contributed by atoms with Crippen molar-refractivity contribution in [3.8, 4) is 5.69 Å². The van der Waals surface area contributed by atoms with E-state index in [4.69, 9.17) is 27.9 Å². The normalized spacial score (nSPS) is 12.0. The second-order valence-electron chi connectivity index (χ2n) is 8.84. The molecule has 0 saturated carbocycles. The van der Waals surface area contributed by atoms with Gasteiger partial charge in [0, 0.05) is 39.7 Å². The smallest absolute Gasteiger partial charge is 0.327 e. The van der Waals surface area contributed by atoms with E-state index in [1.165, 1.54) is 18.2 Å². The van der Waals surface area contributed by atoms with Gasteiger partial charge in [-0.15, -0.1) is 0 Å². The maximum absolute atomic E-state index is 13.7. The van der Waals surface area contributed by atoms with Crippen molar-refractivity contribution in [1.29, 1.82) is 0 Å². The fraction of sp³-hybridized carbons (Fsp3) is 0.200. The van der Waals surface area contributed by atoms with Gasteiger partial charge in [-0.1, -0.05) is 23.2 Å². The van der Waals surface area contributed by atoms with E-state index in [2.05, 4.69) is 4.98 Å². The number of hydrogen-bond donors (Lipinski definition) is 0. The maximum atomic E-state index is 13.7. The largest absolute Gasteiger partial charge is 0.459 e. The molecule has 0 bridgehead atoms. The van der Waals surface area contributed by atoms with Crippen LogP contribution < -0.4 is 4.31 Å². The van der Waals surface area contributed by atoms with Gasteiger partial charge in [0.05, 0.1) is 16.1 Å². The summed E-state index contributed by atoms with van der Waals surface area (Å²) in [5.74, 6) is -0.691. The van der Waals surface area contributed by atoms with Crippen LogP contribution in [0, 0.1) is 0 Å². The highest BCUT2D eigenvalue weighted by Gasteiger charge is 2.30. The summed E-state index contributed by atoms with van der Waals surface area (Å²) in [7, 11) is -4.22. The van der Waals surface area contributed by atoms with Crippen LogP contribution in [0.5, 0.6) is 0 Å². The van der Waals surface area contributed by atoms with Gasteiger partial charge in [0.2, 0.25) is 0 Å². The summed E-state index contributed by atoms with van der Waals surface area (Å²) < 4.78 is 35.8. The summed E-state index contributed by atoms with van der Waals surface area (Å²) >= 11 is 12.1. The second kappa shape index (κ2) is 9.53. The van der Waals surface area contributed by atoms with Crippen molar-refractivity contribution in [3.05, 3.63) is 83.2 Å². The highest BCUT2D eigenvalue weighted by Crippen LogP contribution is 2.31. The van der Waals surface area contributed by atoms with E-state index in [0.29, 0.717) is 5.69 Å². The van der Waals surface area contributed by atoms with Crippen LogP contribution in [0.25, 0.3) is 16.6 Å². The topological polar surface area (TPSA) is 81.5 Å². The Labute approximate surface area is 213 Å². The molecule has 0 spiro atoms. The Morgan fingerprint density at radius 3 is 2.29 bits per heavy atom. The first kappa shape index (κ1) is 25.0. The third kappa shape index (κ3) is 5.61. The predicted octanol–water partition coefficient (Wildman–Crippen LogP) is 5.87. The van der Waals surface area contributed by atoms with Crippen LogP contribution in [0.3, 0.4) is 0 Å². The predicted molar refractivity (Wildman–Crippen MR) is 138 cm³/mol. The molecular formula is C25H23Cl2N3O4S. The van der Waals surface area contributed by atoms with Crippen molar-refractivity contribution in [2.24, 2.45) is 0 Å². The summed E-state index contributed by atoms with van der Waals surface area (Å²) in [4.78, 5) is 16.6. The molecule has 0 atom stereocenters. The number of aromatic nitrogens is 2. The van der Waals surface area contributed by atoms with Gasteiger partial charge in [-0.05, 0) is 75.4 Å². The highest BCUT2D eigenvalue weighted by molar-refractivity contribution is 7.92. The molecule has 0 N–H and O–H groups in total. The summed E-state index contributed by atoms with van der Waals surface area (Å²) in [6.45, 7) is 4.62. The minimum atomic E-state index is -4.22. The molecule has 182 valence electrons. The van der Waals surface area contributed by atoms with Crippen molar-refractivity contribution in [1.82, 2.24) is 9.55 Å². The van der Waals surface area contributed by atoms with Gasteiger partial charge in [0.25, 0.3) is 10.0 Å². The van der Waals surface area contributed by atoms with E-state index < -0.39 is 28.1 Å². The number of ether oxygens (including phenoxy) is 1. The Bertz CT molecular complexity index is 1480. The Hall–Kier alpha value is -3.07. The third-order valence-corrected chi connectivity index (χ3v) is 7.21. The van der Waals surface area contributed by atoms with Crippen LogP contribution in [-0.2, 0) is 19.6 Å². The van der Waals surface area contributed by atoms with Gasteiger partial charge in [0.15, 0.2) is 0 Å². The second-order valence-corrected chi connectivity index (χ2v) is 11.6. The molecule has 2 aromatic heterocycles. The van der Waals surface area contributed by atoms with Crippen molar-refractivity contribution in [2.75, 3.05) is 10.8 Å². The minimum Gasteiger partial charge on any atom is -0.459 e. The molecule has 4 aromatic rings. The first-order valence-corrected chi connectivity index (χ1v) is 12.9. The molecule has 0 radical (unpaired) electrons. The van der Waals surface area contributed by atoms with Gasteiger partial charge < -0.3 is 9.30 Å². The van der Waals surface area contributed by atoms with Crippen LogP contribution in [0.1, 0.15) is 20.8 Å². The molecule has 7 nitrogen and oxygen atoms in total. The molecule has 0 aliphatic heterocycles. The van der Waals surface area contributed by atoms with Gasteiger partial charge >= 0.3 is 5.97 Å². The average Bonchev–Trinajstić information content (AvgIpc) is 3.19. The molecule has 0 aliphatic carbocycles. The number of esters is 1. The molecule has 0 aliphatic rings. The number of carbonyl (C=O) groups is 1. The van der Waals surface area contributed by atoms with Crippen molar-refractivity contribution in [3.63, 3.8) is 0 Å². The average molecular weight is 532 g/mol. The summed E-state index contributed by atoms with van der Waals surface area (Å²) in [6.07, 6.45) is 5.27. The van der Waals surface area contributed by atoms with Crippen LogP contribution in [0.15, 0.2) is 78.1 Å². The van der Waals surface area contributed by atoms with Crippen LogP contribution in [0.4, 0.5) is 5.69 Å². The lowest BCUT2D eigenvalue weighted by Gasteiger charge is -2.26. The Balaban J connectivity index is 1.80. The summed E-state index contributed by atoms with van der Waals surface area (Å²) in [5, 5.41) is 1.11. The van der Waals surface area contributed by atoms with E-state index in [1.807, 2.05) is 29.0 Å². The molecule has 35 heavy (non-hydrogen) atoms. The number of anilines is 1. The van der Waals surface area contributed by atoms with Crippen LogP contribution >= 0.6 is 23.2 Å². The van der Waals surface area contributed by atoms with E-state index in [9.17, 15) is 13.2 Å². The number of carbonyl (C=O) groups excluding carboxylic acids is 1. The molecule has 4 rings (SSSR count). The van der Waals surface area contributed by atoms with Crippen molar-refractivity contribution in [2.45, 2.75) is 31.3 Å². The summed E-state index contributed by atoms with van der Waals surface area (Å²) in [5.41, 5.74) is 1.29. The number of halogens is 2. The van der Waals surface area contributed by atoms with Gasteiger partial charge in [-0.25, -0.2) is 8.42 Å². The number of benzene rings is 2. The van der Waals surface area contributed by atoms with Crippen LogP contribution in [0.2, 0.25) is 10.0 Å². The third-order valence-electron chi connectivity index (χ3n) is 5.02. The van der Waals surface area contributed by atoms with Crippen molar-refractivity contribution >= 4 is 55.8 Å². The standard InChI is InChI=1S/C25H23Cl2N3O4S/c1-25(2,3)34-24(31)16-30(35(32,33)22-14-18(26)13-19(27)15-22)21-4-5-23-17(12-21)8-11-29(23)20-6-9-28-10-7-20/h4-15H,16H2,1-3H3. The SMILES string of the molecule is CC(C)(C)OC(=O)CN(c1ccc2c(ccn2-c2ccncc2)c1)S(=O)(=O)c1cc(Cl)cc(Cl)c1. The Morgan fingerprint density at radius 2 is 1.66 bits per heavy atom. The van der Waals surface area contributed by atoms with E-state index in [1.54, 1.807) is 51.4 Å². The van der Waals surface area contributed by atoms with Gasteiger partial charge in [-0.2, -0.15) is 0 Å². The lowest BCUT2D eigenvalue weighted by molar-refractivity contribution is -0.152. The molecule has 10 heteroatoms. The number of pyridine rings is 1. The summed E-state index contributed by atoms with van der Waals surface area (Å²) in [6, 6.07) is 14.8. The van der Waals surface area contributed by atoms with Crippen molar-refractivity contribution < 1.29 is 17.9 Å². The lowest BCUT2D eigenvalue weighted by Crippen LogP contribution is -2.39. The zero-order chi connectivity index (χ0) is 25.4. The monoisotopic (exact) mass is 531 g/mol. The minimum absolute atomic E-state index is 0.131. The first-order chi connectivity index (χ1) is 16.4. The van der Waals surface area contributed by atoms with E-state index in [-0.39, 0.29) is 14.9 Å². The first-order valence-electron chi connectivity index (χ1n) is 10.7. The maximum Gasteiger partial charge on any atom is 0.327 e.